The van der Waals surface area contributed by atoms with Crippen LogP contribution in [0.1, 0.15) is 31.1 Å². The van der Waals surface area contributed by atoms with Gasteiger partial charge in [-0.15, -0.1) is 0 Å². The van der Waals surface area contributed by atoms with Gasteiger partial charge in [0.1, 0.15) is 11.9 Å². The lowest BCUT2D eigenvalue weighted by Crippen LogP contribution is -2.47. The Labute approximate surface area is 157 Å². The summed E-state index contributed by atoms with van der Waals surface area (Å²) in [4.78, 5) is 35.9. The third-order valence-corrected chi connectivity index (χ3v) is 3.83. The number of halogens is 1. The van der Waals surface area contributed by atoms with Gasteiger partial charge in [0.2, 0.25) is 11.8 Å². The Bertz CT molecular complexity index is 835. The SMILES string of the molecule is CC(=O)Nc1ccc(NC(=O)[C@H](NC(=O)c2ccccc2F)C(C)C)cc1. The van der Waals surface area contributed by atoms with Crippen LogP contribution in [0.5, 0.6) is 0 Å². The Balaban J connectivity index is 2.07. The average molecular weight is 371 g/mol. The van der Waals surface area contributed by atoms with Crippen LogP contribution in [0.15, 0.2) is 48.5 Å². The lowest BCUT2D eigenvalue weighted by atomic mass is 10.0. The van der Waals surface area contributed by atoms with Gasteiger partial charge in [-0.2, -0.15) is 0 Å². The molecule has 0 aliphatic carbocycles. The molecule has 0 aliphatic heterocycles. The largest absolute Gasteiger partial charge is 0.340 e. The van der Waals surface area contributed by atoms with Crippen molar-refractivity contribution in [2.45, 2.75) is 26.8 Å². The van der Waals surface area contributed by atoms with E-state index in [2.05, 4.69) is 16.0 Å². The van der Waals surface area contributed by atoms with Gasteiger partial charge in [0, 0.05) is 18.3 Å². The number of hydrogen-bond donors (Lipinski definition) is 3. The molecule has 2 rings (SSSR count). The quantitative estimate of drug-likeness (QED) is 0.729. The summed E-state index contributed by atoms with van der Waals surface area (Å²) in [5.74, 6) is -2.11. The van der Waals surface area contributed by atoms with Gasteiger partial charge in [0.15, 0.2) is 0 Å². The maximum Gasteiger partial charge on any atom is 0.254 e. The fraction of sp³-hybridized carbons (Fsp3) is 0.250. The van der Waals surface area contributed by atoms with Crippen LogP contribution in [-0.2, 0) is 9.59 Å². The van der Waals surface area contributed by atoms with E-state index in [1.807, 2.05) is 0 Å². The Morgan fingerprint density at radius 2 is 1.44 bits per heavy atom. The minimum absolute atomic E-state index is 0.115. The molecule has 0 aromatic heterocycles. The lowest BCUT2D eigenvalue weighted by Gasteiger charge is -2.22. The predicted octanol–water partition coefficient (Wildman–Crippen LogP) is 3.18. The van der Waals surface area contributed by atoms with Gasteiger partial charge in [0.05, 0.1) is 5.56 Å². The maximum absolute atomic E-state index is 13.8. The van der Waals surface area contributed by atoms with Crippen LogP contribution >= 0.6 is 0 Å². The van der Waals surface area contributed by atoms with Crippen LogP contribution in [0, 0.1) is 11.7 Å². The van der Waals surface area contributed by atoms with Crippen molar-refractivity contribution in [3.05, 3.63) is 59.9 Å². The molecular formula is C20H22FN3O3. The second-order valence-corrected chi connectivity index (χ2v) is 6.42. The van der Waals surface area contributed by atoms with Crippen LogP contribution in [0.3, 0.4) is 0 Å². The summed E-state index contributed by atoms with van der Waals surface area (Å²) >= 11 is 0. The summed E-state index contributed by atoms with van der Waals surface area (Å²) in [5.41, 5.74) is 1.00. The summed E-state index contributed by atoms with van der Waals surface area (Å²) in [7, 11) is 0. The molecule has 2 aromatic carbocycles. The zero-order chi connectivity index (χ0) is 20.0. The maximum atomic E-state index is 13.8. The summed E-state index contributed by atoms with van der Waals surface area (Å²) in [6.45, 7) is 4.97. The third-order valence-electron chi connectivity index (χ3n) is 3.83. The first kappa shape index (κ1) is 20.1. The Morgan fingerprint density at radius 3 is 1.96 bits per heavy atom. The predicted molar refractivity (Wildman–Crippen MR) is 102 cm³/mol. The van der Waals surface area contributed by atoms with Crippen LogP contribution in [0.4, 0.5) is 15.8 Å². The van der Waals surface area contributed by atoms with Crippen molar-refractivity contribution in [2.24, 2.45) is 5.92 Å². The zero-order valence-electron chi connectivity index (χ0n) is 15.4. The molecule has 0 saturated carbocycles. The lowest BCUT2D eigenvalue weighted by molar-refractivity contribution is -0.119. The number of rotatable bonds is 6. The molecule has 0 aliphatic rings. The van der Waals surface area contributed by atoms with E-state index in [0.29, 0.717) is 11.4 Å². The Kier molecular flexibility index (Phi) is 6.65. The molecule has 1 atom stereocenters. The molecule has 0 spiro atoms. The molecule has 0 heterocycles. The molecule has 142 valence electrons. The summed E-state index contributed by atoms with van der Waals surface area (Å²) in [6, 6.07) is 11.3. The first-order valence-corrected chi connectivity index (χ1v) is 8.52. The summed E-state index contributed by atoms with van der Waals surface area (Å²) < 4.78 is 13.8. The van der Waals surface area contributed by atoms with Crippen molar-refractivity contribution in [3.8, 4) is 0 Å². The van der Waals surface area contributed by atoms with E-state index >= 15 is 0 Å². The number of amides is 3. The number of nitrogens with one attached hydrogen (secondary N) is 3. The van der Waals surface area contributed by atoms with Crippen LogP contribution < -0.4 is 16.0 Å². The minimum atomic E-state index is -0.841. The normalized spacial score (nSPS) is 11.6. The number of benzene rings is 2. The molecule has 0 unspecified atom stereocenters. The smallest absolute Gasteiger partial charge is 0.254 e. The molecule has 3 N–H and O–H groups in total. The molecule has 0 radical (unpaired) electrons. The van der Waals surface area contributed by atoms with Crippen LogP contribution in [-0.4, -0.2) is 23.8 Å². The van der Waals surface area contributed by atoms with E-state index in [1.54, 1.807) is 44.2 Å². The van der Waals surface area contributed by atoms with Gasteiger partial charge in [0.25, 0.3) is 5.91 Å². The van der Waals surface area contributed by atoms with Crippen molar-refractivity contribution in [1.82, 2.24) is 5.32 Å². The summed E-state index contributed by atoms with van der Waals surface area (Å²) in [5, 5.41) is 7.93. The molecule has 0 bridgehead atoms. The topological polar surface area (TPSA) is 87.3 Å². The Hall–Kier alpha value is -3.22. The molecule has 3 amide bonds. The van der Waals surface area contributed by atoms with Gasteiger partial charge in [-0.1, -0.05) is 26.0 Å². The molecule has 0 saturated heterocycles. The highest BCUT2D eigenvalue weighted by atomic mass is 19.1. The minimum Gasteiger partial charge on any atom is -0.340 e. The second kappa shape index (κ2) is 8.93. The van der Waals surface area contributed by atoms with Gasteiger partial charge >= 0.3 is 0 Å². The molecule has 27 heavy (non-hydrogen) atoms. The van der Waals surface area contributed by atoms with E-state index in [0.717, 1.165) is 0 Å². The van der Waals surface area contributed by atoms with Crippen molar-refractivity contribution in [3.63, 3.8) is 0 Å². The Morgan fingerprint density at radius 1 is 0.889 bits per heavy atom. The van der Waals surface area contributed by atoms with Gasteiger partial charge in [-0.3, -0.25) is 14.4 Å². The second-order valence-electron chi connectivity index (χ2n) is 6.42. The molecule has 7 heteroatoms. The number of carbonyl (C=O) groups excluding carboxylic acids is 3. The highest BCUT2D eigenvalue weighted by Crippen LogP contribution is 2.15. The van der Waals surface area contributed by atoms with E-state index in [1.165, 1.54) is 25.1 Å². The van der Waals surface area contributed by atoms with Crippen molar-refractivity contribution >= 4 is 29.1 Å². The fourth-order valence-corrected chi connectivity index (χ4v) is 2.46. The van der Waals surface area contributed by atoms with Gasteiger partial charge < -0.3 is 16.0 Å². The molecule has 0 fully saturated rings. The van der Waals surface area contributed by atoms with Crippen LogP contribution in [0.2, 0.25) is 0 Å². The number of anilines is 2. The summed E-state index contributed by atoms with van der Waals surface area (Å²) in [6.07, 6.45) is 0. The first-order valence-electron chi connectivity index (χ1n) is 8.52. The first-order chi connectivity index (χ1) is 12.8. The standard InChI is InChI=1S/C20H22FN3O3/c1-12(2)18(24-19(26)16-6-4-5-7-17(16)21)20(27)23-15-10-8-14(9-11-15)22-13(3)25/h4-12,18H,1-3H3,(H,22,25)(H,23,27)(H,24,26)/t18-/m1/s1. The highest BCUT2D eigenvalue weighted by Gasteiger charge is 2.25. The third kappa shape index (κ3) is 5.64. The van der Waals surface area contributed by atoms with Crippen molar-refractivity contribution < 1.29 is 18.8 Å². The number of carbonyl (C=O) groups is 3. The van der Waals surface area contributed by atoms with Crippen molar-refractivity contribution in [2.75, 3.05) is 10.6 Å². The monoisotopic (exact) mass is 371 g/mol. The van der Waals surface area contributed by atoms with E-state index in [-0.39, 0.29) is 17.4 Å². The molecular weight excluding hydrogens is 349 g/mol. The highest BCUT2D eigenvalue weighted by molar-refractivity contribution is 6.01. The number of hydrogen-bond acceptors (Lipinski definition) is 3. The molecule has 2 aromatic rings. The fourth-order valence-electron chi connectivity index (χ4n) is 2.46. The van der Waals surface area contributed by atoms with Gasteiger partial charge in [-0.05, 0) is 42.3 Å². The van der Waals surface area contributed by atoms with Crippen molar-refractivity contribution in [1.29, 1.82) is 0 Å². The van der Waals surface area contributed by atoms with Crippen LogP contribution in [0.25, 0.3) is 0 Å². The molecule has 6 nitrogen and oxygen atoms in total. The zero-order valence-corrected chi connectivity index (χ0v) is 15.4. The van der Waals surface area contributed by atoms with E-state index < -0.39 is 23.7 Å². The van der Waals surface area contributed by atoms with Gasteiger partial charge in [-0.25, -0.2) is 4.39 Å². The van der Waals surface area contributed by atoms with E-state index in [9.17, 15) is 18.8 Å². The average Bonchev–Trinajstić information content (AvgIpc) is 2.60. The van der Waals surface area contributed by atoms with E-state index in [4.69, 9.17) is 0 Å².